The third-order valence-electron chi connectivity index (χ3n) is 12.1. The molecule has 0 aromatic heterocycles. The normalized spacial score (nSPS) is 12.2. The molecule has 6 heteroatoms. The van der Waals surface area contributed by atoms with Gasteiger partial charge in [-0.15, -0.1) is 0 Å². The monoisotopic (exact) mass is 885 g/mol. The summed E-state index contributed by atoms with van der Waals surface area (Å²) >= 11 is 0. The second kappa shape index (κ2) is 52.3. The van der Waals surface area contributed by atoms with Gasteiger partial charge < -0.3 is 14.2 Å². The fraction of sp³-hybridized carbons (Fsp3) is 0.842. The van der Waals surface area contributed by atoms with Gasteiger partial charge in [0.15, 0.2) is 6.10 Å². The number of carbonyl (C=O) groups is 3. The summed E-state index contributed by atoms with van der Waals surface area (Å²) in [7, 11) is 0. The Kier molecular flexibility index (Phi) is 50.3. The first-order chi connectivity index (χ1) is 31.0. The van der Waals surface area contributed by atoms with Crippen molar-refractivity contribution in [1.82, 2.24) is 0 Å². The van der Waals surface area contributed by atoms with Gasteiger partial charge in [0.25, 0.3) is 0 Å². The van der Waals surface area contributed by atoms with E-state index >= 15 is 0 Å². The van der Waals surface area contributed by atoms with E-state index in [0.717, 1.165) is 70.6 Å². The van der Waals surface area contributed by atoms with Crippen LogP contribution in [0.2, 0.25) is 0 Å². The predicted molar refractivity (Wildman–Crippen MR) is 270 cm³/mol. The van der Waals surface area contributed by atoms with Crippen molar-refractivity contribution in [1.29, 1.82) is 0 Å². The molecule has 1 atom stereocenters. The van der Waals surface area contributed by atoms with Gasteiger partial charge >= 0.3 is 17.9 Å². The van der Waals surface area contributed by atoms with Crippen LogP contribution in [-0.2, 0) is 28.6 Å². The summed E-state index contributed by atoms with van der Waals surface area (Å²) in [6.07, 6.45) is 61.3. The van der Waals surface area contributed by atoms with Crippen LogP contribution in [0.15, 0.2) is 36.5 Å². The lowest BCUT2D eigenvalue weighted by atomic mass is 10.1. The number of ether oxygens (including phenoxy) is 3. The largest absolute Gasteiger partial charge is 0.462 e. The summed E-state index contributed by atoms with van der Waals surface area (Å²) in [6.45, 7) is 6.62. The molecule has 0 unspecified atom stereocenters. The van der Waals surface area contributed by atoms with Crippen molar-refractivity contribution in [3.05, 3.63) is 36.5 Å². The van der Waals surface area contributed by atoms with Crippen LogP contribution in [0.3, 0.4) is 0 Å². The van der Waals surface area contributed by atoms with Crippen molar-refractivity contribution in [3.63, 3.8) is 0 Å². The highest BCUT2D eigenvalue weighted by Crippen LogP contribution is 2.16. The van der Waals surface area contributed by atoms with Crippen molar-refractivity contribution in [3.8, 4) is 0 Å². The molecule has 0 bridgehead atoms. The summed E-state index contributed by atoms with van der Waals surface area (Å²) < 4.78 is 16.8. The Morgan fingerprint density at radius 3 is 0.921 bits per heavy atom. The number of unbranched alkanes of at least 4 members (excludes halogenated alkanes) is 33. The fourth-order valence-electron chi connectivity index (χ4n) is 7.94. The molecular weight excluding hydrogens is 781 g/mol. The molecule has 0 aliphatic rings. The molecule has 6 nitrogen and oxygen atoms in total. The zero-order valence-electron chi connectivity index (χ0n) is 42.1. The Labute approximate surface area is 391 Å². The Hall–Kier alpha value is -2.37. The van der Waals surface area contributed by atoms with Gasteiger partial charge in [-0.1, -0.05) is 231 Å². The van der Waals surface area contributed by atoms with Gasteiger partial charge in [-0.25, -0.2) is 0 Å². The number of hydrogen-bond acceptors (Lipinski definition) is 6. The van der Waals surface area contributed by atoms with E-state index in [4.69, 9.17) is 14.2 Å². The smallest absolute Gasteiger partial charge is 0.306 e. The van der Waals surface area contributed by atoms with Crippen LogP contribution in [-0.4, -0.2) is 37.2 Å². The Morgan fingerprint density at radius 1 is 0.317 bits per heavy atom. The lowest BCUT2D eigenvalue weighted by molar-refractivity contribution is -0.167. The molecule has 0 rings (SSSR count). The maximum absolute atomic E-state index is 12.8. The summed E-state index contributed by atoms with van der Waals surface area (Å²) in [6, 6.07) is 0. The van der Waals surface area contributed by atoms with E-state index in [9.17, 15) is 14.4 Å². The van der Waals surface area contributed by atoms with Gasteiger partial charge in [0.05, 0.1) is 0 Å². The molecule has 0 aliphatic heterocycles. The molecule has 0 N–H and O–H groups in total. The first-order valence-corrected chi connectivity index (χ1v) is 27.5. The second-order valence-corrected chi connectivity index (χ2v) is 18.5. The number of rotatable bonds is 50. The SMILES string of the molecule is CCCCC/C=C\C/C=C\CCCCCCCCCCCC(=O)OC[C@H](COC(=O)CCCCCCC/C=C\CCCCCCCC)OC(=O)CCCCCCCCCCCCC. The van der Waals surface area contributed by atoms with Crippen molar-refractivity contribution >= 4 is 17.9 Å². The highest BCUT2D eigenvalue weighted by molar-refractivity contribution is 5.71. The van der Waals surface area contributed by atoms with Crippen molar-refractivity contribution in [2.24, 2.45) is 0 Å². The molecule has 0 amide bonds. The first kappa shape index (κ1) is 60.6. The Morgan fingerprint density at radius 2 is 0.571 bits per heavy atom. The Bertz CT molecular complexity index is 1060. The van der Waals surface area contributed by atoms with Gasteiger partial charge in [-0.2, -0.15) is 0 Å². The van der Waals surface area contributed by atoms with Gasteiger partial charge in [0, 0.05) is 19.3 Å². The summed E-state index contributed by atoms with van der Waals surface area (Å²) in [5.41, 5.74) is 0. The van der Waals surface area contributed by atoms with Crippen LogP contribution >= 0.6 is 0 Å². The molecule has 0 aromatic rings. The summed E-state index contributed by atoms with van der Waals surface area (Å²) in [5.74, 6) is -0.874. The zero-order chi connectivity index (χ0) is 45.8. The van der Waals surface area contributed by atoms with Gasteiger partial charge in [-0.3, -0.25) is 14.4 Å². The van der Waals surface area contributed by atoms with E-state index in [1.807, 2.05) is 0 Å². The quantitative estimate of drug-likeness (QED) is 0.0262. The third-order valence-corrected chi connectivity index (χ3v) is 12.1. The zero-order valence-corrected chi connectivity index (χ0v) is 42.1. The fourth-order valence-corrected chi connectivity index (χ4v) is 7.94. The molecule has 368 valence electrons. The molecular formula is C57H104O6. The van der Waals surface area contributed by atoms with Crippen LogP contribution in [0, 0.1) is 0 Å². The molecule has 0 fully saturated rings. The highest BCUT2D eigenvalue weighted by atomic mass is 16.6. The maximum atomic E-state index is 12.8. The lowest BCUT2D eigenvalue weighted by Gasteiger charge is -2.18. The summed E-state index contributed by atoms with van der Waals surface area (Å²) in [4.78, 5) is 38.0. The molecule has 0 aliphatic carbocycles. The average Bonchev–Trinajstić information content (AvgIpc) is 3.28. The van der Waals surface area contributed by atoms with E-state index in [-0.39, 0.29) is 31.1 Å². The van der Waals surface area contributed by atoms with Gasteiger partial charge in [0.2, 0.25) is 0 Å². The van der Waals surface area contributed by atoms with Crippen LogP contribution in [0.1, 0.15) is 290 Å². The van der Waals surface area contributed by atoms with E-state index in [1.165, 1.54) is 180 Å². The topological polar surface area (TPSA) is 78.9 Å². The Balaban J connectivity index is 4.31. The molecule has 0 saturated heterocycles. The molecule has 0 aromatic carbocycles. The van der Waals surface area contributed by atoms with E-state index in [1.54, 1.807) is 0 Å². The van der Waals surface area contributed by atoms with E-state index in [2.05, 4.69) is 57.2 Å². The first-order valence-electron chi connectivity index (χ1n) is 27.5. The summed E-state index contributed by atoms with van der Waals surface area (Å²) in [5, 5.41) is 0. The van der Waals surface area contributed by atoms with E-state index in [0.29, 0.717) is 19.3 Å². The van der Waals surface area contributed by atoms with Crippen LogP contribution in [0.4, 0.5) is 0 Å². The molecule has 0 radical (unpaired) electrons. The number of hydrogen-bond donors (Lipinski definition) is 0. The average molecular weight is 885 g/mol. The minimum absolute atomic E-state index is 0.0739. The highest BCUT2D eigenvalue weighted by Gasteiger charge is 2.19. The lowest BCUT2D eigenvalue weighted by Crippen LogP contribution is -2.30. The van der Waals surface area contributed by atoms with Crippen molar-refractivity contribution in [2.75, 3.05) is 13.2 Å². The minimum atomic E-state index is -0.773. The molecule has 0 spiro atoms. The van der Waals surface area contributed by atoms with Gasteiger partial charge in [0.1, 0.15) is 13.2 Å². The van der Waals surface area contributed by atoms with Crippen LogP contribution < -0.4 is 0 Å². The minimum Gasteiger partial charge on any atom is -0.462 e. The van der Waals surface area contributed by atoms with Crippen molar-refractivity contribution in [2.45, 2.75) is 297 Å². The molecule has 0 saturated carbocycles. The number of allylic oxidation sites excluding steroid dienone is 6. The maximum Gasteiger partial charge on any atom is 0.306 e. The van der Waals surface area contributed by atoms with Gasteiger partial charge in [-0.05, 0) is 77.0 Å². The number of esters is 3. The molecule has 0 heterocycles. The molecule has 63 heavy (non-hydrogen) atoms. The third kappa shape index (κ3) is 50.5. The number of carbonyl (C=O) groups excluding carboxylic acids is 3. The predicted octanol–water partition coefficient (Wildman–Crippen LogP) is 18.1. The van der Waals surface area contributed by atoms with Crippen LogP contribution in [0.5, 0.6) is 0 Å². The second-order valence-electron chi connectivity index (χ2n) is 18.5. The van der Waals surface area contributed by atoms with Crippen LogP contribution in [0.25, 0.3) is 0 Å². The standard InChI is InChI=1S/C57H104O6/c1-4-7-10-13-16-19-22-24-26-27-28-29-31-33-36-38-41-44-47-50-56(59)62-53-54(63-57(60)51-48-45-42-39-34-21-18-15-12-9-6-3)52-61-55(58)49-46-43-40-37-35-32-30-25-23-20-17-14-11-8-5-2/h16,19,24-26,30,54H,4-15,17-18,20-23,27-29,31-53H2,1-3H3/b19-16-,26-24-,30-25-/t54-/m0/s1. The van der Waals surface area contributed by atoms with E-state index < -0.39 is 6.10 Å². The van der Waals surface area contributed by atoms with Crippen molar-refractivity contribution < 1.29 is 28.6 Å².